The van der Waals surface area contributed by atoms with Crippen molar-refractivity contribution < 1.29 is 23.8 Å². The maximum absolute atomic E-state index is 12.9. The van der Waals surface area contributed by atoms with E-state index >= 15 is 0 Å². The predicted octanol–water partition coefficient (Wildman–Crippen LogP) is 4.94. The van der Waals surface area contributed by atoms with Crippen molar-refractivity contribution in [1.29, 1.82) is 0 Å². The van der Waals surface area contributed by atoms with Gasteiger partial charge in [0.25, 0.3) is 0 Å². The van der Waals surface area contributed by atoms with E-state index in [4.69, 9.17) is 9.15 Å². The second kappa shape index (κ2) is 10.2. The molecule has 1 saturated heterocycles. The first-order valence-electron chi connectivity index (χ1n) is 15.6. The number of hydrogen-bond acceptors (Lipinski definition) is 6. The fourth-order valence-electron chi connectivity index (χ4n) is 10.1. The van der Waals surface area contributed by atoms with Gasteiger partial charge in [-0.3, -0.25) is 4.79 Å². The molecule has 4 aliphatic carbocycles. The molecule has 4 saturated carbocycles. The summed E-state index contributed by atoms with van der Waals surface area (Å²) in [5, 5.41) is 12.5. The van der Waals surface area contributed by atoms with Crippen molar-refractivity contribution in [2.75, 3.05) is 26.7 Å². The Kier molecular flexibility index (Phi) is 7.07. The van der Waals surface area contributed by atoms with Crippen LogP contribution >= 0.6 is 0 Å². The number of likely N-dealkylation sites (tertiary alicyclic amines) is 1. The molecule has 1 N–H and O–H groups in total. The molecule has 40 heavy (non-hydrogen) atoms. The van der Waals surface area contributed by atoms with E-state index in [1.165, 1.54) is 6.07 Å². The zero-order valence-corrected chi connectivity index (χ0v) is 24.4. The van der Waals surface area contributed by atoms with Gasteiger partial charge in [0.2, 0.25) is 5.91 Å². The number of hydrogen-bond donors (Lipinski definition) is 1. The number of carbonyl (C=O) groups excluding carboxylic acids is 2. The van der Waals surface area contributed by atoms with E-state index in [0.29, 0.717) is 24.8 Å². The maximum atomic E-state index is 12.9. The van der Waals surface area contributed by atoms with Gasteiger partial charge in [0.05, 0.1) is 18.4 Å². The van der Waals surface area contributed by atoms with Gasteiger partial charge in [-0.25, -0.2) is 9.59 Å². The fourth-order valence-corrected chi connectivity index (χ4v) is 10.1. The summed E-state index contributed by atoms with van der Waals surface area (Å²) in [7, 11) is 1.86. The van der Waals surface area contributed by atoms with Crippen LogP contribution in [0.2, 0.25) is 0 Å². The van der Waals surface area contributed by atoms with Gasteiger partial charge in [-0.1, -0.05) is 13.8 Å². The van der Waals surface area contributed by atoms with Crippen LogP contribution in [0.25, 0.3) is 0 Å². The minimum Gasteiger partial charge on any atom is -0.448 e. The third-order valence-corrected chi connectivity index (χ3v) is 12.5. The standard InChI is InChI=1S/C32H46N2O6/c1-30-13-10-23(33(3)29(37)39-18-17-34-16-4-5-27(34)35)19-22(30)7-8-26-25(30)11-14-31(2)24(12-15-32(26,31)38)21-6-9-28(36)40-20-21/h6,9,20,22-26,38H,4-5,7-8,10-19H2,1-3H3/t22-,23+,24-,25+,26-,30+,31-,32+/m1/s1. The highest BCUT2D eigenvalue weighted by atomic mass is 16.6. The summed E-state index contributed by atoms with van der Waals surface area (Å²) >= 11 is 0. The summed E-state index contributed by atoms with van der Waals surface area (Å²) in [5.41, 5.74) is -0.0598. The zero-order chi connectivity index (χ0) is 28.3. The number of ether oxygens (including phenoxy) is 1. The number of nitrogens with zero attached hydrogens (tertiary/aromatic N) is 2. The number of amides is 2. The number of carbonyl (C=O) groups is 2. The van der Waals surface area contributed by atoms with Gasteiger partial charge in [0, 0.05) is 37.5 Å². The van der Waals surface area contributed by atoms with E-state index in [9.17, 15) is 19.5 Å². The van der Waals surface area contributed by atoms with Gasteiger partial charge < -0.3 is 24.1 Å². The average Bonchev–Trinajstić information content (AvgIpc) is 3.47. The first kappa shape index (κ1) is 27.8. The number of fused-ring (bicyclic) bond motifs is 5. The summed E-state index contributed by atoms with van der Waals surface area (Å²) in [6.07, 6.45) is 11.7. The maximum Gasteiger partial charge on any atom is 0.409 e. The molecule has 220 valence electrons. The van der Waals surface area contributed by atoms with Gasteiger partial charge in [-0.05, 0) is 105 Å². The van der Waals surface area contributed by atoms with Gasteiger partial charge in [0.1, 0.15) is 6.61 Å². The first-order valence-corrected chi connectivity index (χ1v) is 15.6. The van der Waals surface area contributed by atoms with E-state index in [1.807, 2.05) is 13.1 Å². The first-order chi connectivity index (χ1) is 19.1. The largest absolute Gasteiger partial charge is 0.448 e. The van der Waals surface area contributed by atoms with Crippen LogP contribution in [0, 0.1) is 28.6 Å². The molecule has 2 amide bonds. The van der Waals surface area contributed by atoms with Crippen molar-refractivity contribution in [2.45, 2.75) is 102 Å². The molecule has 8 heteroatoms. The van der Waals surface area contributed by atoms with Gasteiger partial charge in [-0.2, -0.15) is 0 Å². The van der Waals surface area contributed by atoms with Crippen LogP contribution in [-0.4, -0.2) is 65.3 Å². The van der Waals surface area contributed by atoms with Crippen molar-refractivity contribution in [3.05, 3.63) is 34.4 Å². The lowest BCUT2D eigenvalue weighted by atomic mass is 9.43. The summed E-state index contributed by atoms with van der Waals surface area (Å²) in [5.74, 6) is 1.64. The monoisotopic (exact) mass is 554 g/mol. The summed E-state index contributed by atoms with van der Waals surface area (Å²) in [6.45, 7) is 6.22. The Hall–Kier alpha value is -2.35. The van der Waals surface area contributed by atoms with Gasteiger partial charge in [-0.15, -0.1) is 0 Å². The van der Waals surface area contributed by atoms with Crippen molar-refractivity contribution >= 4 is 12.0 Å². The molecule has 0 bridgehead atoms. The summed E-state index contributed by atoms with van der Waals surface area (Å²) in [4.78, 5) is 39.9. The van der Waals surface area contributed by atoms with Crippen LogP contribution in [0.15, 0.2) is 27.6 Å². The Labute approximate surface area is 237 Å². The van der Waals surface area contributed by atoms with Crippen LogP contribution in [-0.2, 0) is 9.53 Å². The Morgan fingerprint density at radius 3 is 2.65 bits per heavy atom. The Balaban J connectivity index is 1.10. The molecule has 8 atom stereocenters. The van der Waals surface area contributed by atoms with E-state index in [-0.39, 0.29) is 52.9 Å². The van der Waals surface area contributed by atoms with Crippen molar-refractivity contribution in [2.24, 2.45) is 28.6 Å². The SMILES string of the molecule is CN(C(=O)OCCN1CCCC1=O)[C@H]1CC[C@@]2(C)[C@H](CC[C@@H]3[C@@H]2CC[C@]2(C)[C@@H](c4ccc(=O)oc4)CC[C@]32O)C1. The molecule has 0 unspecified atom stereocenters. The Morgan fingerprint density at radius 2 is 1.93 bits per heavy atom. The summed E-state index contributed by atoms with van der Waals surface area (Å²) in [6, 6.07) is 3.57. The molecule has 2 heterocycles. The average molecular weight is 555 g/mol. The second-order valence-corrected chi connectivity index (χ2v) is 14.0. The lowest BCUT2D eigenvalue weighted by Gasteiger charge is -2.64. The molecule has 0 spiro atoms. The van der Waals surface area contributed by atoms with Crippen molar-refractivity contribution in [1.82, 2.24) is 9.80 Å². The van der Waals surface area contributed by atoms with Crippen LogP contribution < -0.4 is 5.63 Å². The van der Waals surface area contributed by atoms with E-state index in [0.717, 1.165) is 76.3 Å². The Morgan fingerprint density at radius 1 is 1.10 bits per heavy atom. The summed E-state index contributed by atoms with van der Waals surface area (Å²) < 4.78 is 10.8. The molecule has 5 aliphatic rings. The lowest BCUT2D eigenvalue weighted by molar-refractivity contribution is -0.203. The zero-order valence-electron chi connectivity index (χ0n) is 24.4. The molecule has 5 fully saturated rings. The van der Waals surface area contributed by atoms with E-state index in [2.05, 4.69) is 13.8 Å². The molecule has 1 aliphatic heterocycles. The second-order valence-electron chi connectivity index (χ2n) is 14.0. The van der Waals surface area contributed by atoms with Crippen LogP contribution in [0.1, 0.15) is 96.0 Å². The normalized spacial score (nSPS) is 40.8. The lowest BCUT2D eigenvalue weighted by Crippen LogP contribution is -2.62. The van der Waals surface area contributed by atoms with E-state index < -0.39 is 5.60 Å². The smallest absolute Gasteiger partial charge is 0.409 e. The Bertz CT molecular complexity index is 1180. The minimum atomic E-state index is -0.709. The van der Waals surface area contributed by atoms with Crippen LogP contribution in [0.4, 0.5) is 4.79 Å². The number of rotatable bonds is 5. The fraction of sp³-hybridized carbons (Fsp3) is 0.781. The molecule has 1 aromatic heterocycles. The van der Waals surface area contributed by atoms with Crippen LogP contribution in [0.5, 0.6) is 0 Å². The van der Waals surface area contributed by atoms with Crippen LogP contribution in [0.3, 0.4) is 0 Å². The predicted molar refractivity (Wildman–Crippen MR) is 150 cm³/mol. The molecule has 0 radical (unpaired) electrons. The van der Waals surface area contributed by atoms with Crippen molar-refractivity contribution in [3.63, 3.8) is 0 Å². The molecule has 0 aromatic carbocycles. The number of aliphatic hydroxyl groups is 1. The highest BCUT2D eigenvalue weighted by Gasteiger charge is 2.67. The molecular weight excluding hydrogens is 508 g/mol. The quantitative estimate of drug-likeness (QED) is 0.553. The third-order valence-electron chi connectivity index (χ3n) is 12.5. The van der Waals surface area contributed by atoms with Gasteiger partial charge in [0.15, 0.2) is 0 Å². The molecular formula is C32H46N2O6. The highest BCUT2D eigenvalue weighted by Crippen LogP contribution is 2.70. The minimum absolute atomic E-state index is 0.154. The topological polar surface area (TPSA) is 100 Å². The highest BCUT2D eigenvalue weighted by molar-refractivity contribution is 5.78. The molecule has 8 nitrogen and oxygen atoms in total. The third kappa shape index (κ3) is 4.31. The van der Waals surface area contributed by atoms with E-state index in [1.54, 1.807) is 16.1 Å². The molecule has 1 aromatic rings. The van der Waals surface area contributed by atoms with Crippen molar-refractivity contribution in [3.8, 4) is 0 Å². The molecule has 6 rings (SSSR count). The van der Waals surface area contributed by atoms with Gasteiger partial charge >= 0.3 is 11.7 Å².